The number of ether oxygens (including phenoxy) is 2. The topological polar surface area (TPSA) is 55.8 Å². The van der Waals surface area contributed by atoms with Gasteiger partial charge in [-0.15, -0.1) is 0 Å². The third kappa shape index (κ3) is 2.24. The Labute approximate surface area is 92.6 Å². The number of methoxy groups -OCH3 is 2. The van der Waals surface area contributed by atoms with Gasteiger partial charge in [-0.1, -0.05) is 0 Å². The van der Waals surface area contributed by atoms with Crippen LogP contribution in [0, 0.1) is 5.82 Å². The van der Waals surface area contributed by atoms with Gasteiger partial charge < -0.3 is 14.6 Å². The van der Waals surface area contributed by atoms with E-state index in [0.29, 0.717) is 5.75 Å². The average Bonchev–Trinajstić information content (AvgIpc) is 2.27. The summed E-state index contributed by atoms with van der Waals surface area (Å²) in [5, 5.41) is 8.86. The molecular formula is C11H13FO4. The SMILES string of the molecule is COc1cc(OC)c(C(C)C(=O)O)cc1F. The van der Waals surface area contributed by atoms with Gasteiger partial charge in [-0.05, 0) is 13.0 Å². The van der Waals surface area contributed by atoms with Crippen LogP contribution in [0.5, 0.6) is 11.5 Å². The number of halogens is 1. The Hall–Kier alpha value is -1.78. The zero-order valence-electron chi connectivity index (χ0n) is 9.28. The number of carboxylic acid groups (broad SMARTS) is 1. The first-order valence-corrected chi connectivity index (χ1v) is 4.65. The molecule has 1 N–H and O–H groups in total. The maximum Gasteiger partial charge on any atom is 0.310 e. The fraction of sp³-hybridized carbons (Fsp3) is 0.364. The minimum Gasteiger partial charge on any atom is -0.496 e. The van der Waals surface area contributed by atoms with Crippen molar-refractivity contribution in [2.24, 2.45) is 0 Å². The van der Waals surface area contributed by atoms with Crippen molar-refractivity contribution in [1.82, 2.24) is 0 Å². The van der Waals surface area contributed by atoms with Crippen molar-refractivity contribution in [1.29, 1.82) is 0 Å². The van der Waals surface area contributed by atoms with E-state index in [0.717, 1.165) is 6.07 Å². The highest BCUT2D eigenvalue weighted by Crippen LogP contribution is 2.32. The molecule has 0 spiro atoms. The quantitative estimate of drug-likeness (QED) is 0.856. The van der Waals surface area contributed by atoms with Gasteiger partial charge in [0.05, 0.1) is 20.1 Å². The van der Waals surface area contributed by atoms with Gasteiger partial charge in [-0.25, -0.2) is 4.39 Å². The van der Waals surface area contributed by atoms with E-state index in [9.17, 15) is 9.18 Å². The van der Waals surface area contributed by atoms with E-state index in [1.54, 1.807) is 0 Å². The van der Waals surface area contributed by atoms with Gasteiger partial charge in [0.2, 0.25) is 0 Å². The summed E-state index contributed by atoms with van der Waals surface area (Å²) < 4.78 is 23.2. The second-order valence-electron chi connectivity index (χ2n) is 3.29. The fourth-order valence-corrected chi connectivity index (χ4v) is 1.35. The standard InChI is InChI=1S/C11H13FO4/c1-6(11(13)14)7-4-8(12)10(16-3)5-9(7)15-2/h4-6H,1-3H3,(H,13,14). The summed E-state index contributed by atoms with van der Waals surface area (Å²) in [5.74, 6) is -2.16. The van der Waals surface area contributed by atoms with Crippen LogP contribution in [0.3, 0.4) is 0 Å². The van der Waals surface area contributed by atoms with Crippen molar-refractivity contribution in [2.75, 3.05) is 14.2 Å². The maximum absolute atomic E-state index is 13.4. The Bertz CT molecular complexity index is 403. The Balaban J connectivity index is 3.28. The van der Waals surface area contributed by atoms with Gasteiger partial charge in [0.1, 0.15) is 5.75 Å². The highest BCUT2D eigenvalue weighted by atomic mass is 19.1. The van der Waals surface area contributed by atoms with Crippen LogP contribution in [0.4, 0.5) is 4.39 Å². The number of carboxylic acids is 1. The van der Waals surface area contributed by atoms with Gasteiger partial charge in [0.15, 0.2) is 11.6 Å². The number of hydrogen-bond donors (Lipinski definition) is 1. The molecule has 1 atom stereocenters. The number of carbonyl (C=O) groups is 1. The number of rotatable bonds is 4. The Morgan fingerprint density at radius 3 is 2.31 bits per heavy atom. The lowest BCUT2D eigenvalue weighted by Crippen LogP contribution is -2.09. The normalized spacial score (nSPS) is 12.0. The second-order valence-corrected chi connectivity index (χ2v) is 3.29. The van der Waals surface area contributed by atoms with Crippen molar-refractivity contribution in [2.45, 2.75) is 12.8 Å². The molecule has 0 aliphatic heterocycles. The van der Waals surface area contributed by atoms with Crippen LogP contribution in [-0.4, -0.2) is 25.3 Å². The zero-order chi connectivity index (χ0) is 12.3. The van der Waals surface area contributed by atoms with Gasteiger partial charge in [-0.3, -0.25) is 4.79 Å². The number of hydrogen-bond acceptors (Lipinski definition) is 3. The van der Waals surface area contributed by atoms with Gasteiger partial charge >= 0.3 is 5.97 Å². The Morgan fingerprint density at radius 1 is 1.31 bits per heavy atom. The molecule has 0 saturated carbocycles. The van der Waals surface area contributed by atoms with E-state index < -0.39 is 17.7 Å². The molecular weight excluding hydrogens is 215 g/mol. The number of aliphatic carboxylic acids is 1. The van der Waals surface area contributed by atoms with Crippen LogP contribution >= 0.6 is 0 Å². The highest BCUT2D eigenvalue weighted by Gasteiger charge is 2.21. The minimum atomic E-state index is -1.04. The second kappa shape index (κ2) is 4.83. The fourth-order valence-electron chi connectivity index (χ4n) is 1.35. The molecule has 0 bridgehead atoms. The Morgan fingerprint density at radius 2 is 1.88 bits per heavy atom. The average molecular weight is 228 g/mol. The summed E-state index contributed by atoms with van der Waals surface area (Å²) >= 11 is 0. The first-order chi connectivity index (χ1) is 7.51. The molecule has 4 nitrogen and oxygen atoms in total. The van der Waals surface area contributed by atoms with Crippen LogP contribution in [0.15, 0.2) is 12.1 Å². The van der Waals surface area contributed by atoms with Gasteiger partial charge in [0, 0.05) is 11.6 Å². The van der Waals surface area contributed by atoms with Gasteiger partial charge in [0.25, 0.3) is 0 Å². The molecule has 0 aromatic heterocycles. The molecule has 1 aromatic rings. The summed E-state index contributed by atoms with van der Waals surface area (Å²) in [4.78, 5) is 10.8. The van der Waals surface area contributed by atoms with Crippen LogP contribution in [0.1, 0.15) is 18.4 Å². The van der Waals surface area contributed by atoms with Crippen molar-refractivity contribution in [3.8, 4) is 11.5 Å². The minimum absolute atomic E-state index is 0.0261. The lowest BCUT2D eigenvalue weighted by Gasteiger charge is -2.14. The molecule has 16 heavy (non-hydrogen) atoms. The van der Waals surface area contributed by atoms with Crippen LogP contribution < -0.4 is 9.47 Å². The molecule has 88 valence electrons. The van der Waals surface area contributed by atoms with Crippen molar-refractivity contribution in [3.05, 3.63) is 23.5 Å². The third-order valence-corrected chi connectivity index (χ3v) is 2.34. The van der Waals surface area contributed by atoms with E-state index in [1.165, 1.54) is 27.2 Å². The summed E-state index contributed by atoms with van der Waals surface area (Å²) in [7, 11) is 2.73. The zero-order valence-corrected chi connectivity index (χ0v) is 9.28. The molecule has 0 heterocycles. The molecule has 0 saturated heterocycles. The molecule has 1 unspecified atom stereocenters. The molecule has 0 aliphatic rings. The summed E-state index contributed by atoms with van der Waals surface area (Å²) in [6, 6.07) is 2.46. The Kier molecular flexibility index (Phi) is 3.71. The van der Waals surface area contributed by atoms with E-state index in [1.807, 2.05) is 0 Å². The molecule has 0 amide bonds. The molecule has 1 rings (SSSR count). The van der Waals surface area contributed by atoms with Crippen LogP contribution in [0.25, 0.3) is 0 Å². The van der Waals surface area contributed by atoms with Crippen LogP contribution in [-0.2, 0) is 4.79 Å². The molecule has 0 radical (unpaired) electrons. The van der Waals surface area contributed by atoms with Gasteiger partial charge in [-0.2, -0.15) is 0 Å². The van der Waals surface area contributed by atoms with Crippen molar-refractivity contribution >= 4 is 5.97 Å². The largest absolute Gasteiger partial charge is 0.496 e. The summed E-state index contributed by atoms with van der Waals surface area (Å²) in [6.45, 7) is 1.46. The predicted octanol–water partition coefficient (Wildman–Crippen LogP) is 2.03. The monoisotopic (exact) mass is 228 g/mol. The molecule has 1 aromatic carbocycles. The highest BCUT2D eigenvalue weighted by molar-refractivity contribution is 5.76. The third-order valence-electron chi connectivity index (χ3n) is 2.34. The maximum atomic E-state index is 13.4. The number of benzene rings is 1. The lowest BCUT2D eigenvalue weighted by atomic mass is 10.00. The smallest absolute Gasteiger partial charge is 0.310 e. The van der Waals surface area contributed by atoms with Crippen molar-refractivity contribution < 1.29 is 23.8 Å². The lowest BCUT2D eigenvalue weighted by molar-refractivity contribution is -0.138. The summed E-state index contributed by atoms with van der Waals surface area (Å²) in [5.41, 5.74) is 0.285. The van der Waals surface area contributed by atoms with E-state index in [2.05, 4.69) is 0 Å². The molecule has 5 heteroatoms. The van der Waals surface area contributed by atoms with E-state index in [4.69, 9.17) is 14.6 Å². The van der Waals surface area contributed by atoms with E-state index >= 15 is 0 Å². The first-order valence-electron chi connectivity index (χ1n) is 4.65. The van der Waals surface area contributed by atoms with Crippen molar-refractivity contribution in [3.63, 3.8) is 0 Å². The van der Waals surface area contributed by atoms with E-state index in [-0.39, 0.29) is 11.3 Å². The summed E-state index contributed by atoms with van der Waals surface area (Å²) in [6.07, 6.45) is 0. The predicted molar refractivity (Wildman–Crippen MR) is 55.6 cm³/mol. The first kappa shape index (κ1) is 12.3. The molecule has 0 fully saturated rings. The molecule has 0 aliphatic carbocycles. The van der Waals surface area contributed by atoms with Crippen LogP contribution in [0.2, 0.25) is 0 Å².